The van der Waals surface area contributed by atoms with E-state index in [1.165, 1.54) is 33.2 Å². The number of benzene rings is 2. The predicted molar refractivity (Wildman–Crippen MR) is 130 cm³/mol. The lowest BCUT2D eigenvalue weighted by Gasteiger charge is -2.30. The molecule has 2 aromatic rings. The first-order valence-electron chi connectivity index (χ1n) is 11.2. The molecule has 0 spiro atoms. The van der Waals surface area contributed by atoms with Crippen LogP contribution in [-0.4, -0.2) is 71.0 Å². The summed E-state index contributed by atoms with van der Waals surface area (Å²) in [5.74, 6) is -1.06. The Morgan fingerprint density at radius 2 is 1.59 bits per heavy atom. The number of Topliss-reactive ketones (excluding diaryl/α,β-unsaturated/α-hetero) is 1. The molecule has 0 N–H and O–H groups in total. The number of ether oxygens (including phenoxy) is 2. The normalized spacial score (nSPS) is 15.3. The summed E-state index contributed by atoms with van der Waals surface area (Å²) in [6.07, 6.45) is -1.04. The minimum Gasteiger partial charge on any atom is -0.451 e. The van der Waals surface area contributed by atoms with Gasteiger partial charge in [-0.05, 0) is 68.7 Å². The van der Waals surface area contributed by atoms with Gasteiger partial charge in [0.1, 0.15) is 0 Å². The number of aryl methyl sites for hydroxylation is 3. The molecule has 0 amide bonds. The standard InChI is InChI=1S/C25H32N2O6S/c1-16-13-18(3)21(14-17(16)2)24(28)19(4)33-25(29)22-15-20(34(30,31)26(5)6)7-8-23(22)27-9-11-32-12-10-27/h7-8,13-15,19H,9-12H2,1-6H3/t19-/m1/s1. The molecule has 0 bridgehead atoms. The molecule has 184 valence electrons. The van der Waals surface area contributed by atoms with Crippen LogP contribution in [0.4, 0.5) is 5.69 Å². The van der Waals surface area contributed by atoms with Crippen LogP contribution in [0.2, 0.25) is 0 Å². The van der Waals surface area contributed by atoms with Gasteiger partial charge >= 0.3 is 5.97 Å². The highest BCUT2D eigenvalue weighted by molar-refractivity contribution is 7.89. The fourth-order valence-electron chi connectivity index (χ4n) is 3.85. The Bertz CT molecular complexity index is 1200. The Kier molecular flexibility index (Phi) is 7.80. The molecule has 34 heavy (non-hydrogen) atoms. The summed E-state index contributed by atoms with van der Waals surface area (Å²) in [6, 6.07) is 8.15. The van der Waals surface area contributed by atoms with Crippen molar-refractivity contribution in [2.75, 3.05) is 45.3 Å². The summed E-state index contributed by atoms with van der Waals surface area (Å²) in [5.41, 5.74) is 4.01. The van der Waals surface area contributed by atoms with Crippen molar-refractivity contribution in [2.45, 2.75) is 38.7 Å². The average Bonchev–Trinajstić information content (AvgIpc) is 2.80. The number of nitrogens with zero attached hydrogens (tertiary/aromatic N) is 2. The number of carbonyl (C=O) groups excluding carboxylic acids is 2. The molecule has 1 aliphatic heterocycles. The third-order valence-corrected chi connectivity index (χ3v) is 7.89. The molecule has 0 aliphatic carbocycles. The second-order valence-electron chi connectivity index (χ2n) is 8.73. The largest absolute Gasteiger partial charge is 0.451 e. The molecule has 1 atom stereocenters. The lowest BCUT2D eigenvalue weighted by atomic mass is 9.96. The highest BCUT2D eigenvalue weighted by Crippen LogP contribution is 2.28. The van der Waals surface area contributed by atoms with E-state index in [9.17, 15) is 18.0 Å². The lowest BCUT2D eigenvalue weighted by molar-refractivity contribution is 0.0318. The first-order chi connectivity index (χ1) is 15.9. The number of anilines is 1. The molecular weight excluding hydrogens is 456 g/mol. The van der Waals surface area contributed by atoms with Gasteiger partial charge in [0.2, 0.25) is 15.8 Å². The van der Waals surface area contributed by atoms with Crippen molar-refractivity contribution in [2.24, 2.45) is 0 Å². The molecule has 0 aromatic heterocycles. The van der Waals surface area contributed by atoms with Gasteiger partial charge in [-0.25, -0.2) is 17.5 Å². The Hall–Kier alpha value is -2.75. The molecule has 2 aromatic carbocycles. The highest BCUT2D eigenvalue weighted by atomic mass is 32.2. The molecule has 1 aliphatic rings. The van der Waals surface area contributed by atoms with Gasteiger partial charge in [0.15, 0.2) is 6.10 Å². The average molecular weight is 489 g/mol. The second kappa shape index (κ2) is 10.2. The molecular formula is C25H32N2O6S. The number of ketones is 1. The molecule has 1 saturated heterocycles. The van der Waals surface area contributed by atoms with Crippen LogP contribution >= 0.6 is 0 Å². The number of esters is 1. The Morgan fingerprint density at radius 1 is 0.971 bits per heavy atom. The van der Waals surface area contributed by atoms with Crippen LogP contribution in [0.3, 0.4) is 0 Å². The second-order valence-corrected chi connectivity index (χ2v) is 10.9. The van der Waals surface area contributed by atoms with Gasteiger partial charge in [0.05, 0.1) is 29.4 Å². The Morgan fingerprint density at radius 3 is 2.21 bits per heavy atom. The monoisotopic (exact) mass is 488 g/mol. The molecule has 0 unspecified atom stereocenters. The summed E-state index contributed by atoms with van der Waals surface area (Å²) in [4.78, 5) is 28.3. The number of rotatable bonds is 7. The lowest BCUT2D eigenvalue weighted by Crippen LogP contribution is -2.37. The van der Waals surface area contributed by atoms with Gasteiger partial charge in [-0.3, -0.25) is 4.79 Å². The zero-order valence-electron chi connectivity index (χ0n) is 20.5. The van der Waals surface area contributed by atoms with Crippen LogP contribution in [0, 0.1) is 20.8 Å². The van der Waals surface area contributed by atoms with E-state index >= 15 is 0 Å². The van der Waals surface area contributed by atoms with Gasteiger partial charge in [-0.1, -0.05) is 6.07 Å². The number of carbonyl (C=O) groups is 2. The van der Waals surface area contributed by atoms with Gasteiger partial charge in [-0.15, -0.1) is 0 Å². The van der Waals surface area contributed by atoms with Crippen molar-refractivity contribution < 1.29 is 27.5 Å². The minimum absolute atomic E-state index is 0.0227. The molecule has 1 fully saturated rings. The summed E-state index contributed by atoms with van der Waals surface area (Å²) < 4.78 is 37.5. The van der Waals surface area contributed by atoms with Gasteiger partial charge in [0, 0.05) is 32.7 Å². The molecule has 1 heterocycles. The van der Waals surface area contributed by atoms with Gasteiger partial charge in [-0.2, -0.15) is 0 Å². The maximum atomic E-state index is 13.3. The number of sulfonamides is 1. The van der Waals surface area contributed by atoms with Crippen molar-refractivity contribution in [1.29, 1.82) is 0 Å². The van der Waals surface area contributed by atoms with Crippen LogP contribution in [0.5, 0.6) is 0 Å². The van der Waals surface area contributed by atoms with E-state index in [0.717, 1.165) is 21.0 Å². The highest BCUT2D eigenvalue weighted by Gasteiger charge is 2.28. The van der Waals surface area contributed by atoms with Crippen molar-refractivity contribution in [3.8, 4) is 0 Å². The van der Waals surface area contributed by atoms with E-state index in [0.29, 0.717) is 37.6 Å². The quantitative estimate of drug-likeness (QED) is 0.437. The van der Waals surface area contributed by atoms with Crippen molar-refractivity contribution in [1.82, 2.24) is 4.31 Å². The number of hydrogen-bond acceptors (Lipinski definition) is 7. The summed E-state index contributed by atoms with van der Waals surface area (Å²) in [5, 5.41) is 0. The summed E-state index contributed by atoms with van der Waals surface area (Å²) in [6.45, 7) is 9.37. The van der Waals surface area contributed by atoms with E-state index < -0.39 is 22.1 Å². The van der Waals surface area contributed by atoms with Crippen LogP contribution in [0.1, 0.15) is 44.3 Å². The predicted octanol–water partition coefficient (Wildman–Crippen LogP) is 3.13. The molecule has 9 heteroatoms. The first kappa shape index (κ1) is 25.9. The van der Waals surface area contributed by atoms with Crippen LogP contribution in [0.25, 0.3) is 0 Å². The molecule has 0 radical (unpaired) electrons. The zero-order valence-corrected chi connectivity index (χ0v) is 21.4. The van der Waals surface area contributed by atoms with E-state index in [2.05, 4.69) is 0 Å². The van der Waals surface area contributed by atoms with Crippen LogP contribution in [-0.2, 0) is 19.5 Å². The summed E-state index contributed by atoms with van der Waals surface area (Å²) >= 11 is 0. The zero-order chi connectivity index (χ0) is 25.2. The van der Waals surface area contributed by atoms with E-state index in [1.807, 2.05) is 31.7 Å². The summed E-state index contributed by atoms with van der Waals surface area (Å²) in [7, 11) is -0.914. The minimum atomic E-state index is -3.77. The smallest absolute Gasteiger partial charge is 0.341 e. The number of morpholine rings is 1. The molecule has 0 saturated carbocycles. The van der Waals surface area contributed by atoms with E-state index in [1.54, 1.807) is 12.1 Å². The fourth-order valence-corrected chi connectivity index (χ4v) is 4.78. The SMILES string of the molecule is Cc1cc(C)c(C(=O)[C@@H](C)OC(=O)c2cc(S(=O)(=O)N(C)C)ccc2N2CCOCC2)cc1C. The Labute approximate surface area is 201 Å². The van der Waals surface area contributed by atoms with Crippen LogP contribution < -0.4 is 4.90 Å². The molecule has 3 rings (SSSR count). The van der Waals surface area contributed by atoms with Gasteiger partial charge < -0.3 is 14.4 Å². The van der Waals surface area contributed by atoms with Crippen molar-refractivity contribution in [3.05, 3.63) is 58.1 Å². The van der Waals surface area contributed by atoms with Gasteiger partial charge in [0.25, 0.3) is 0 Å². The fraction of sp³-hybridized carbons (Fsp3) is 0.440. The maximum Gasteiger partial charge on any atom is 0.341 e. The third-order valence-electron chi connectivity index (χ3n) is 6.08. The van der Waals surface area contributed by atoms with Crippen molar-refractivity contribution >= 4 is 27.5 Å². The Balaban J connectivity index is 1.95. The number of hydrogen-bond donors (Lipinski definition) is 0. The van der Waals surface area contributed by atoms with E-state index in [4.69, 9.17) is 9.47 Å². The van der Waals surface area contributed by atoms with Crippen LogP contribution in [0.15, 0.2) is 35.2 Å². The topological polar surface area (TPSA) is 93.2 Å². The maximum absolute atomic E-state index is 13.3. The molecule has 8 nitrogen and oxygen atoms in total. The van der Waals surface area contributed by atoms with E-state index in [-0.39, 0.29) is 16.2 Å². The first-order valence-corrected chi connectivity index (χ1v) is 12.6. The third kappa shape index (κ3) is 5.32. The van der Waals surface area contributed by atoms with Crippen molar-refractivity contribution in [3.63, 3.8) is 0 Å².